The Kier molecular flexibility index (Phi) is 6.14. The maximum atomic E-state index is 12.6. The summed E-state index contributed by atoms with van der Waals surface area (Å²) in [4.78, 5) is 37.3. The van der Waals surface area contributed by atoms with Gasteiger partial charge in [0.25, 0.3) is 5.91 Å². The van der Waals surface area contributed by atoms with Crippen LogP contribution in [0.15, 0.2) is 6.20 Å². The van der Waals surface area contributed by atoms with Gasteiger partial charge < -0.3 is 14.8 Å². The Labute approximate surface area is 155 Å². The molecule has 8 nitrogen and oxygen atoms in total. The largest absolute Gasteiger partial charge is 0.462 e. The molecular formula is C17H21N3O5S. The van der Waals surface area contributed by atoms with Gasteiger partial charge in [0.15, 0.2) is 0 Å². The molecule has 0 aliphatic heterocycles. The van der Waals surface area contributed by atoms with Gasteiger partial charge in [-0.3, -0.25) is 9.48 Å². The summed E-state index contributed by atoms with van der Waals surface area (Å²) in [6, 6.07) is 0. The summed E-state index contributed by atoms with van der Waals surface area (Å²) in [5.41, 5.74) is 1.64. The van der Waals surface area contributed by atoms with Crippen LogP contribution in [0.4, 0.5) is 5.00 Å². The number of amides is 1. The van der Waals surface area contributed by atoms with Crippen LogP contribution in [0.2, 0.25) is 0 Å². The van der Waals surface area contributed by atoms with Crippen LogP contribution in [0.1, 0.15) is 55.5 Å². The summed E-state index contributed by atoms with van der Waals surface area (Å²) >= 11 is 0.989. The summed E-state index contributed by atoms with van der Waals surface area (Å²) in [6.45, 7) is 7.15. The van der Waals surface area contributed by atoms with E-state index in [1.165, 1.54) is 6.20 Å². The molecule has 2 aromatic heterocycles. The lowest BCUT2D eigenvalue weighted by atomic mass is 10.1. The number of nitrogens with zero attached hydrogens (tertiary/aromatic N) is 2. The van der Waals surface area contributed by atoms with Gasteiger partial charge in [-0.15, -0.1) is 11.3 Å². The number of ether oxygens (including phenoxy) is 2. The predicted octanol–water partition coefficient (Wildman–Crippen LogP) is 2.70. The van der Waals surface area contributed by atoms with E-state index >= 15 is 0 Å². The van der Waals surface area contributed by atoms with Crippen LogP contribution >= 0.6 is 11.3 Å². The summed E-state index contributed by atoms with van der Waals surface area (Å²) in [5.74, 6) is -1.56. The molecule has 2 aromatic rings. The zero-order chi connectivity index (χ0) is 19.4. The van der Waals surface area contributed by atoms with E-state index in [1.807, 2.05) is 0 Å². The maximum Gasteiger partial charge on any atom is 0.348 e. The molecule has 0 saturated heterocycles. The number of anilines is 1. The molecule has 0 atom stereocenters. The Morgan fingerprint density at radius 3 is 2.31 bits per heavy atom. The van der Waals surface area contributed by atoms with Crippen LogP contribution in [0, 0.1) is 13.8 Å². The van der Waals surface area contributed by atoms with Gasteiger partial charge in [-0.05, 0) is 33.3 Å². The van der Waals surface area contributed by atoms with Gasteiger partial charge in [-0.1, -0.05) is 0 Å². The highest BCUT2D eigenvalue weighted by Gasteiger charge is 2.28. The Morgan fingerprint density at radius 2 is 1.77 bits per heavy atom. The molecule has 9 heteroatoms. The zero-order valence-electron chi connectivity index (χ0n) is 15.3. The molecule has 0 fully saturated rings. The Bertz CT molecular complexity index is 853. The third-order valence-corrected chi connectivity index (χ3v) is 4.98. The number of rotatable bonds is 6. The van der Waals surface area contributed by atoms with Gasteiger partial charge >= 0.3 is 11.9 Å². The third-order valence-electron chi connectivity index (χ3n) is 3.79. The van der Waals surface area contributed by atoms with E-state index < -0.39 is 17.8 Å². The van der Waals surface area contributed by atoms with E-state index in [9.17, 15) is 14.4 Å². The van der Waals surface area contributed by atoms with Crippen molar-refractivity contribution in [3.05, 3.63) is 33.5 Å². The maximum absolute atomic E-state index is 12.6. The number of thiophene rings is 1. The van der Waals surface area contributed by atoms with Gasteiger partial charge in [0, 0.05) is 12.7 Å². The topological polar surface area (TPSA) is 99.5 Å². The van der Waals surface area contributed by atoms with Crippen molar-refractivity contribution in [2.45, 2.75) is 27.7 Å². The van der Waals surface area contributed by atoms with Gasteiger partial charge in [-0.25, -0.2) is 9.59 Å². The van der Waals surface area contributed by atoms with Crippen molar-refractivity contribution in [2.75, 3.05) is 18.5 Å². The molecule has 0 saturated carbocycles. The molecule has 1 N–H and O–H groups in total. The Hall–Kier alpha value is -2.68. The smallest absolute Gasteiger partial charge is 0.348 e. The molecular weight excluding hydrogens is 358 g/mol. The van der Waals surface area contributed by atoms with Gasteiger partial charge in [-0.2, -0.15) is 5.10 Å². The van der Waals surface area contributed by atoms with E-state index in [4.69, 9.17) is 9.47 Å². The summed E-state index contributed by atoms with van der Waals surface area (Å²) < 4.78 is 11.7. The van der Waals surface area contributed by atoms with Crippen LogP contribution in [0.25, 0.3) is 0 Å². The molecule has 1 amide bonds. The molecule has 2 rings (SSSR count). The molecule has 0 aliphatic carbocycles. The van der Waals surface area contributed by atoms with Crippen LogP contribution < -0.4 is 5.32 Å². The second kappa shape index (κ2) is 8.13. The minimum Gasteiger partial charge on any atom is -0.462 e. The molecule has 0 aromatic carbocycles. The normalized spacial score (nSPS) is 10.5. The molecule has 0 spiro atoms. The van der Waals surface area contributed by atoms with E-state index in [0.717, 1.165) is 11.3 Å². The van der Waals surface area contributed by atoms with Crippen LogP contribution in [-0.4, -0.2) is 40.8 Å². The van der Waals surface area contributed by atoms with Crippen LogP contribution in [-0.2, 0) is 16.5 Å². The standard InChI is InChI=1S/C17H21N3O5S/c1-6-24-16(22)12-9(3)13(17(23)25-7-2)26-15(12)19-14(21)11-8-18-20(5)10(11)4/h8H,6-7H2,1-5H3,(H,19,21). The molecule has 0 radical (unpaired) electrons. The molecule has 2 heterocycles. The molecule has 140 valence electrons. The fourth-order valence-electron chi connectivity index (χ4n) is 2.33. The zero-order valence-corrected chi connectivity index (χ0v) is 16.2. The van der Waals surface area contributed by atoms with E-state index in [-0.39, 0.29) is 28.7 Å². The van der Waals surface area contributed by atoms with Crippen LogP contribution in [0.5, 0.6) is 0 Å². The summed E-state index contributed by atoms with van der Waals surface area (Å²) in [5, 5.41) is 6.98. The highest BCUT2D eigenvalue weighted by molar-refractivity contribution is 7.18. The number of esters is 2. The molecule has 0 unspecified atom stereocenters. The first-order chi connectivity index (χ1) is 12.3. The van der Waals surface area contributed by atoms with Gasteiger partial charge in [0.1, 0.15) is 9.88 Å². The number of carbonyl (C=O) groups excluding carboxylic acids is 3. The summed E-state index contributed by atoms with van der Waals surface area (Å²) in [7, 11) is 1.73. The second-order valence-corrected chi connectivity index (χ2v) is 6.44. The monoisotopic (exact) mass is 379 g/mol. The van der Waals surface area contributed by atoms with Crippen LogP contribution in [0.3, 0.4) is 0 Å². The number of aryl methyl sites for hydroxylation is 1. The first kappa shape index (κ1) is 19.6. The number of hydrogen-bond acceptors (Lipinski definition) is 7. The van der Waals surface area contributed by atoms with E-state index in [0.29, 0.717) is 16.8 Å². The van der Waals surface area contributed by atoms with Crippen molar-refractivity contribution < 1.29 is 23.9 Å². The van der Waals surface area contributed by atoms with Crippen molar-refractivity contribution in [3.63, 3.8) is 0 Å². The van der Waals surface area contributed by atoms with Gasteiger partial charge in [0.2, 0.25) is 0 Å². The lowest BCUT2D eigenvalue weighted by Crippen LogP contribution is -2.15. The highest BCUT2D eigenvalue weighted by atomic mass is 32.1. The number of nitrogens with one attached hydrogen (secondary N) is 1. The fourth-order valence-corrected chi connectivity index (χ4v) is 3.42. The van der Waals surface area contributed by atoms with Crippen molar-refractivity contribution in [2.24, 2.45) is 7.05 Å². The predicted molar refractivity (Wildman–Crippen MR) is 96.9 cm³/mol. The minimum absolute atomic E-state index is 0.162. The minimum atomic E-state index is -0.602. The number of hydrogen-bond donors (Lipinski definition) is 1. The molecule has 0 bridgehead atoms. The first-order valence-electron chi connectivity index (χ1n) is 8.09. The third kappa shape index (κ3) is 3.77. The highest BCUT2D eigenvalue weighted by Crippen LogP contribution is 2.34. The van der Waals surface area contributed by atoms with Crippen molar-refractivity contribution in [3.8, 4) is 0 Å². The fraction of sp³-hybridized carbons (Fsp3) is 0.412. The molecule has 0 aliphatic rings. The second-order valence-electron chi connectivity index (χ2n) is 5.42. The van der Waals surface area contributed by atoms with E-state index in [1.54, 1.807) is 39.4 Å². The Morgan fingerprint density at radius 1 is 1.15 bits per heavy atom. The Balaban J connectivity index is 2.43. The van der Waals surface area contributed by atoms with Crippen molar-refractivity contribution in [1.29, 1.82) is 0 Å². The number of carbonyl (C=O) groups is 3. The molecule has 26 heavy (non-hydrogen) atoms. The summed E-state index contributed by atoms with van der Waals surface area (Å²) in [6.07, 6.45) is 1.45. The van der Waals surface area contributed by atoms with Crippen molar-refractivity contribution in [1.82, 2.24) is 9.78 Å². The SMILES string of the molecule is CCOC(=O)c1sc(NC(=O)c2cnn(C)c2C)c(C(=O)OCC)c1C. The van der Waals surface area contributed by atoms with Gasteiger partial charge in [0.05, 0.1) is 30.5 Å². The quantitative estimate of drug-likeness (QED) is 0.775. The lowest BCUT2D eigenvalue weighted by Gasteiger charge is -2.07. The lowest BCUT2D eigenvalue weighted by molar-refractivity contribution is 0.0527. The average Bonchev–Trinajstić information content (AvgIpc) is 3.08. The van der Waals surface area contributed by atoms with Crippen molar-refractivity contribution >= 4 is 34.2 Å². The number of aromatic nitrogens is 2. The van der Waals surface area contributed by atoms with E-state index in [2.05, 4.69) is 10.4 Å². The average molecular weight is 379 g/mol. The first-order valence-corrected chi connectivity index (χ1v) is 8.90.